The number of aromatic nitrogens is 4. The van der Waals surface area contributed by atoms with Crippen LogP contribution in [-0.2, 0) is 13.5 Å². The van der Waals surface area contributed by atoms with Crippen LogP contribution in [0.4, 0.5) is 0 Å². The van der Waals surface area contributed by atoms with Gasteiger partial charge in [0.15, 0.2) is 5.82 Å². The minimum Gasteiger partial charge on any atom is -0.330 e. The van der Waals surface area contributed by atoms with Crippen LogP contribution < -0.4 is 5.73 Å². The highest BCUT2D eigenvalue weighted by atomic mass is 15.6. The first-order valence-corrected chi connectivity index (χ1v) is 5.72. The maximum atomic E-state index is 5.79. The second-order valence-corrected chi connectivity index (χ2v) is 4.44. The van der Waals surface area contributed by atoms with Gasteiger partial charge in [-0.3, -0.25) is 0 Å². The predicted molar refractivity (Wildman–Crippen MR) is 57.0 cm³/mol. The van der Waals surface area contributed by atoms with Crippen molar-refractivity contribution in [3.63, 3.8) is 0 Å². The van der Waals surface area contributed by atoms with E-state index in [0.29, 0.717) is 11.8 Å². The molecule has 2 N–H and O–H groups in total. The zero-order chi connectivity index (χ0) is 10.7. The van der Waals surface area contributed by atoms with Gasteiger partial charge in [0.2, 0.25) is 0 Å². The third kappa shape index (κ3) is 2.53. The molecular formula is C10H19N5. The summed E-state index contributed by atoms with van der Waals surface area (Å²) in [6.07, 6.45) is 6.12. The van der Waals surface area contributed by atoms with Crippen LogP contribution in [0.2, 0.25) is 0 Å². The molecule has 0 spiro atoms. The summed E-state index contributed by atoms with van der Waals surface area (Å²) in [6, 6.07) is 0. The molecule has 0 radical (unpaired) electrons. The molecule has 1 aromatic rings. The second-order valence-electron chi connectivity index (χ2n) is 4.44. The third-order valence-electron chi connectivity index (χ3n) is 3.36. The van der Waals surface area contributed by atoms with Crippen LogP contribution in [0.3, 0.4) is 0 Å². The third-order valence-corrected chi connectivity index (χ3v) is 3.36. The fourth-order valence-corrected chi connectivity index (χ4v) is 2.50. The Bertz CT molecular complexity index is 309. The largest absolute Gasteiger partial charge is 0.330 e. The van der Waals surface area contributed by atoms with Crippen molar-refractivity contribution >= 4 is 0 Å². The molecule has 15 heavy (non-hydrogen) atoms. The molecule has 5 nitrogen and oxygen atoms in total. The monoisotopic (exact) mass is 209 g/mol. The normalized spacial score (nSPS) is 26.8. The van der Waals surface area contributed by atoms with E-state index in [1.54, 1.807) is 7.05 Å². The van der Waals surface area contributed by atoms with Gasteiger partial charge >= 0.3 is 0 Å². The van der Waals surface area contributed by atoms with E-state index in [2.05, 4.69) is 15.4 Å². The van der Waals surface area contributed by atoms with E-state index in [1.807, 2.05) is 0 Å². The van der Waals surface area contributed by atoms with Crippen molar-refractivity contribution in [1.82, 2.24) is 20.2 Å². The van der Waals surface area contributed by atoms with Crippen molar-refractivity contribution < 1.29 is 0 Å². The summed E-state index contributed by atoms with van der Waals surface area (Å²) in [6.45, 7) is 0.797. The highest BCUT2D eigenvalue weighted by Gasteiger charge is 2.25. The van der Waals surface area contributed by atoms with Crippen LogP contribution in [0.5, 0.6) is 0 Å². The topological polar surface area (TPSA) is 69.6 Å². The van der Waals surface area contributed by atoms with E-state index in [1.165, 1.54) is 30.5 Å². The number of rotatable bonds is 3. The Morgan fingerprint density at radius 1 is 1.33 bits per heavy atom. The highest BCUT2D eigenvalue weighted by molar-refractivity contribution is 4.86. The Labute approximate surface area is 90.0 Å². The molecule has 1 aliphatic carbocycles. The molecule has 2 atom stereocenters. The van der Waals surface area contributed by atoms with Gasteiger partial charge in [-0.1, -0.05) is 12.8 Å². The summed E-state index contributed by atoms with van der Waals surface area (Å²) in [7, 11) is 1.80. The first-order valence-electron chi connectivity index (χ1n) is 5.72. The zero-order valence-corrected chi connectivity index (χ0v) is 9.26. The van der Waals surface area contributed by atoms with Gasteiger partial charge in [-0.2, -0.15) is 4.80 Å². The van der Waals surface area contributed by atoms with Gasteiger partial charge in [0.25, 0.3) is 0 Å². The standard InChI is InChI=1S/C10H19N5/c1-15-13-10(12-14-15)6-8-4-2-3-5-9(8)7-11/h8-9H,2-7,11H2,1H3. The highest BCUT2D eigenvalue weighted by Crippen LogP contribution is 2.30. The minimum absolute atomic E-state index is 0.655. The lowest BCUT2D eigenvalue weighted by molar-refractivity contribution is 0.239. The summed E-state index contributed by atoms with van der Waals surface area (Å²) < 4.78 is 0. The van der Waals surface area contributed by atoms with Crippen LogP contribution in [0, 0.1) is 11.8 Å². The van der Waals surface area contributed by atoms with Crippen LogP contribution >= 0.6 is 0 Å². The van der Waals surface area contributed by atoms with Crippen molar-refractivity contribution in [1.29, 1.82) is 0 Å². The molecule has 1 aromatic heterocycles. The second kappa shape index (κ2) is 4.70. The molecule has 1 fully saturated rings. The van der Waals surface area contributed by atoms with Crippen molar-refractivity contribution in [2.24, 2.45) is 24.6 Å². The van der Waals surface area contributed by atoms with Gasteiger partial charge < -0.3 is 5.73 Å². The predicted octanol–water partition coefficient (Wildman–Crippen LogP) is 0.518. The van der Waals surface area contributed by atoms with Crippen molar-refractivity contribution in [2.75, 3.05) is 6.54 Å². The van der Waals surface area contributed by atoms with Crippen molar-refractivity contribution in [2.45, 2.75) is 32.1 Å². The molecule has 1 saturated carbocycles. The summed E-state index contributed by atoms with van der Waals surface area (Å²) in [5.74, 6) is 2.18. The van der Waals surface area contributed by atoms with E-state index in [-0.39, 0.29) is 0 Å². The molecule has 0 aliphatic heterocycles. The minimum atomic E-state index is 0.655. The lowest BCUT2D eigenvalue weighted by Gasteiger charge is -2.29. The average molecular weight is 209 g/mol. The fourth-order valence-electron chi connectivity index (χ4n) is 2.50. The smallest absolute Gasteiger partial charge is 0.175 e. The Balaban J connectivity index is 1.97. The van der Waals surface area contributed by atoms with E-state index in [0.717, 1.165) is 18.8 Å². The number of nitrogens with two attached hydrogens (primary N) is 1. The van der Waals surface area contributed by atoms with E-state index < -0.39 is 0 Å². The molecular weight excluding hydrogens is 190 g/mol. The lowest BCUT2D eigenvalue weighted by atomic mass is 9.77. The summed E-state index contributed by atoms with van der Waals surface area (Å²) in [4.78, 5) is 1.52. The van der Waals surface area contributed by atoms with Crippen LogP contribution in [-0.4, -0.2) is 26.8 Å². The van der Waals surface area contributed by atoms with Crippen molar-refractivity contribution in [3.8, 4) is 0 Å². The van der Waals surface area contributed by atoms with Crippen LogP contribution in [0.25, 0.3) is 0 Å². The van der Waals surface area contributed by atoms with E-state index in [4.69, 9.17) is 5.73 Å². The first-order chi connectivity index (χ1) is 7.29. The van der Waals surface area contributed by atoms with E-state index >= 15 is 0 Å². The molecule has 2 rings (SSSR count). The maximum absolute atomic E-state index is 5.79. The van der Waals surface area contributed by atoms with Crippen LogP contribution in [0.1, 0.15) is 31.5 Å². The average Bonchev–Trinajstić information content (AvgIpc) is 2.65. The Hall–Kier alpha value is -0.970. The van der Waals surface area contributed by atoms with Gasteiger partial charge in [0.05, 0.1) is 7.05 Å². The molecule has 1 aliphatic rings. The molecule has 0 saturated heterocycles. The zero-order valence-electron chi connectivity index (χ0n) is 9.26. The molecule has 1 heterocycles. The van der Waals surface area contributed by atoms with E-state index in [9.17, 15) is 0 Å². The van der Waals surface area contributed by atoms with Crippen LogP contribution in [0.15, 0.2) is 0 Å². The Morgan fingerprint density at radius 2 is 2.07 bits per heavy atom. The SMILES string of the molecule is Cn1nnc(CC2CCCCC2CN)n1. The van der Waals surface area contributed by atoms with Gasteiger partial charge in [-0.15, -0.1) is 10.2 Å². The maximum Gasteiger partial charge on any atom is 0.175 e. The molecule has 0 bridgehead atoms. The van der Waals surface area contributed by atoms with Gasteiger partial charge in [0, 0.05) is 6.42 Å². The number of hydrogen-bond acceptors (Lipinski definition) is 4. The van der Waals surface area contributed by atoms with Crippen molar-refractivity contribution in [3.05, 3.63) is 5.82 Å². The number of nitrogens with zero attached hydrogens (tertiary/aromatic N) is 4. The molecule has 2 unspecified atom stereocenters. The molecule has 5 heteroatoms. The van der Waals surface area contributed by atoms with Gasteiger partial charge in [0.1, 0.15) is 0 Å². The quantitative estimate of drug-likeness (QED) is 0.787. The molecule has 84 valence electrons. The van der Waals surface area contributed by atoms with Gasteiger partial charge in [-0.25, -0.2) is 0 Å². The lowest BCUT2D eigenvalue weighted by Crippen LogP contribution is -2.28. The molecule has 0 aromatic carbocycles. The Kier molecular flexibility index (Phi) is 3.30. The first kappa shape index (κ1) is 10.5. The molecule has 0 amide bonds. The fraction of sp³-hybridized carbons (Fsp3) is 0.900. The number of tetrazole rings is 1. The number of aryl methyl sites for hydroxylation is 1. The number of hydrogen-bond donors (Lipinski definition) is 1. The summed E-state index contributed by atoms with van der Waals surface area (Å²) in [5, 5.41) is 12.1. The van der Waals surface area contributed by atoms with Gasteiger partial charge in [-0.05, 0) is 36.4 Å². The summed E-state index contributed by atoms with van der Waals surface area (Å²) in [5.41, 5.74) is 5.79. The Morgan fingerprint density at radius 3 is 2.67 bits per heavy atom. The summed E-state index contributed by atoms with van der Waals surface area (Å²) >= 11 is 0.